The van der Waals surface area contributed by atoms with Gasteiger partial charge in [-0.25, -0.2) is 9.78 Å². The van der Waals surface area contributed by atoms with Gasteiger partial charge in [0.15, 0.2) is 0 Å². The third kappa shape index (κ3) is 3.98. The number of carbonyl (C=O) groups excluding carboxylic acids is 1. The molecule has 188 valence electrons. The van der Waals surface area contributed by atoms with Gasteiger partial charge in [-0.05, 0) is 60.9 Å². The molecule has 0 radical (unpaired) electrons. The molecule has 1 fully saturated rings. The Morgan fingerprint density at radius 2 is 1.92 bits per heavy atom. The summed E-state index contributed by atoms with van der Waals surface area (Å²) >= 11 is 0. The molecule has 1 aromatic heterocycles. The maximum atomic E-state index is 12.3. The highest BCUT2D eigenvalue weighted by molar-refractivity contribution is 5.82. The van der Waals surface area contributed by atoms with Crippen LogP contribution in [0.3, 0.4) is 0 Å². The summed E-state index contributed by atoms with van der Waals surface area (Å²) in [6, 6.07) is 10.8. The average molecular weight is 490 g/mol. The van der Waals surface area contributed by atoms with E-state index in [4.69, 9.17) is 14.5 Å². The average Bonchev–Trinajstić information content (AvgIpc) is 3.52. The number of aromatic nitrogens is 2. The molecule has 0 unspecified atom stereocenters. The Labute approximate surface area is 209 Å². The number of amides is 1. The number of benzene rings is 2. The molecule has 3 aliphatic rings. The fourth-order valence-corrected chi connectivity index (χ4v) is 6.10. The van der Waals surface area contributed by atoms with Crippen molar-refractivity contribution < 1.29 is 24.2 Å². The van der Waals surface area contributed by atoms with Gasteiger partial charge >= 0.3 is 12.1 Å². The van der Waals surface area contributed by atoms with Crippen molar-refractivity contribution in [1.82, 2.24) is 14.5 Å². The molecule has 0 bridgehead atoms. The Morgan fingerprint density at radius 3 is 2.69 bits per heavy atom. The summed E-state index contributed by atoms with van der Waals surface area (Å²) in [4.78, 5) is 30.8. The number of carbonyl (C=O) groups is 2. The van der Waals surface area contributed by atoms with Gasteiger partial charge in [-0.1, -0.05) is 18.2 Å². The van der Waals surface area contributed by atoms with Gasteiger partial charge < -0.3 is 24.0 Å². The Morgan fingerprint density at radius 1 is 1.11 bits per heavy atom. The lowest BCUT2D eigenvalue weighted by Gasteiger charge is -2.27. The fraction of sp³-hybridized carbons (Fsp3) is 0.464. The van der Waals surface area contributed by atoms with E-state index in [1.54, 1.807) is 4.90 Å². The Hall–Kier alpha value is -3.55. The second-order valence-electron chi connectivity index (χ2n) is 10.2. The molecule has 1 aliphatic carbocycles. The van der Waals surface area contributed by atoms with Crippen LogP contribution in [-0.2, 0) is 35.5 Å². The molecule has 1 N–H and O–H groups in total. The topological polar surface area (TPSA) is 93.9 Å². The molecule has 2 aromatic carbocycles. The fourth-order valence-electron chi connectivity index (χ4n) is 6.10. The molecule has 3 aromatic rings. The Kier molecular flexibility index (Phi) is 5.82. The Balaban J connectivity index is 1.41. The lowest BCUT2D eigenvalue weighted by Crippen LogP contribution is -2.35. The van der Waals surface area contributed by atoms with E-state index in [-0.39, 0.29) is 17.9 Å². The monoisotopic (exact) mass is 489 g/mol. The highest BCUT2D eigenvalue weighted by Crippen LogP contribution is 2.39. The van der Waals surface area contributed by atoms with E-state index in [9.17, 15) is 14.7 Å². The smallest absolute Gasteiger partial charge is 0.409 e. The molecule has 8 heteroatoms. The first-order valence-corrected chi connectivity index (χ1v) is 12.8. The van der Waals surface area contributed by atoms with E-state index in [1.165, 1.54) is 18.2 Å². The molecule has 3 heterocycles. The van der Waals surface area contributed by atoms with Crippen molar-refractivity contribution >= 4 is 23.1 Å². The van der Waals surface area contributed by atoms with Crippen LogP contribution in [0.4, 0.5) is 4.79 Å². The molecular weight excluding hydrogens is 458 g/mol. The molecule has 0 spiro atoms. The van der Waals surface area contributed by atoms with E-state index in [0.29, 0.717) is 32.5 Å². The van der Waals surface area contributed by atoms with Crippen LogP contribution in [0, 0.1) is 5.92 Å². The second kappa shape index (κ2) is 9.15. The lowest BCUT2D eigenvalue weighted by atomic mass is 9.81. The van der Waals surface area contributed by atoms with Gasteiger partial charge in [0.1, 0.15) is 11.6 Å². The summed E-state index contributed by atoms with van der Waals surface area (Å²) in [7, 11) is 1.42. The zero-order valence-corrected chi connectivity index (χ0v) is 20.5. The van der Waals surface area contributed by atoms with Crippen LogP contribution in [0.25, 0.3) is 11.0 Å². The first-order valence-electron chi connectivity index (χ1n) is 12.8. The number of fused-ring (bicyclic) bond motifs is 4. The van der Waals surface area contributed by atoms with Crippen molar-refractivity contribution in [3.8, 4) is 5.75 Å². The molecule has 0 atom stereocenters. The van der Waals surface area contributed by atoms with Crippen LogP contribution in [0.2, 0.25) is 0 Å². The van der Waals surface area contributed by atoms with Gasteiger partial charge in [-0.3, -0.25) is 4.79 Å². The quantitative estimate of drug-likeness (QED) is 0.580. The number of ether oxygens (including phenoxy) is 2. The summed E-state index contributed by atoms with van der Waals surface area (Å²) in [5, 5.41) is 9.48. The molecule has 1 saturated carbocycles. The maximum Gasteiger partial charge on any atom is 0.409 e. The number of nitrogens with zero attached hydrogens (tertiary/aromatic N) is 3. The van der Waals surface area contributed by atoms with E-state index in [0.717, 1.165) is 66.0 Å². The summed E-state index contributed by atoms with van der Waals surface area (Å²) in [6.45, 7) is 2.51. The molecule has 0 saturated heterocycles. The van der Waals surface area contributed by atoms with Crippen LogP contribution in [-0.4, -0.2) is 51.9 Å². The van der Waals surface area contributed by atoms with Crippen LogP contribution in [0.15, 0.2) is 30.3 Å². The Bertz CT molecular complexity index is 1340. The second-order valence-corrected chi connectivity index (χ2v) is 10.2. The van der Waals surface area contributed by atoms with Crippen LogP contribution in [0.1, 0.15) is 59.7 Å². The van der Waals surface area contributed by atoms with E-state index < -0.39 is 5.97 Å². The minimum atomic E-state index is -0.697. The standard InChI is InChI=1S/C28H31N3O5/c1-35-28(34)30-12-10-18-8-9-23-25(22(18)16-30)29-26(20-4-6-21(7-5-20)27(32)33)31(23)15-17-2-3-19-11-13-36-24(19)14-17/h2-3,8-9,14,20-21H,4-7,10-13,15-16H2,1H3,(H,32,33)/t20-,21-. The number of hydrogen-bond donors (Lipinski definition) is 1. The summed E-state index contributed by atoms with van der Waals surface area (Å²) in [5.41, 5.74) is 6.70. The third-order valence-electron chi connectivity index (χ3n) is 8.13. The van der Waals surface area contributed by atoms with Crippen molar-refractivity contribution in [3.63, 3.8) is 0 Å². The minimum absolute atomic E-state index is 0.203. The molecular formula is C28H31N3O5. The molecule has 8 nitrogen and oxygen atoms in total. The largest absolute Gasteiger partial charge is 0.493 e. The summed E-state index contributed by atoms with van der Waals surface area (Å²) < 4.78 is 13.1. The predicted molar refractivity (Wildman–Crippen MR) is 133 cm³/mol. The van der Waals surface area contributed by atoms with Crippen molar-refractivity contribution in [2.75, 3.05) is 20.3 Å². The van der Waals surface area contributed by atoms with E-state index >= 15 is 0 Å². The van der Waals surface area contributed by atoms with E-state index in [2.05, 4.69) is 34.9 Å². The van der Waals surface area contributed by atoms with Crippen LogP contribution in [0.5, 0.6) is 5.75 Å². The predicted octanol–water partition coefficient (Wildman–Crippen LogP) is 4.50. The number of rotatable bonds is 4. The highest BCUT2D eigenvalue weighted by atomic mass is 16.5. The van der Waals surface area contributed by atoms with Gasteiger partial charge in [0.2, 0.25) is 0 Å². The van der Waals surface area contributed by atoms with Crippen molar-refractivity contribution in [1.29, 1.82) is 0 Å². The molecule has 36 heavy (non-hydrogen) atoms. The van der Waals surface area contributed by atoms with Crippen molar-refractivity contribution in [2.45, 2.75) is 57.5 Å². The van der Waals surface area contributed by atoms with Gasteiger partial charge in [0, 0.05) is 31.0 Å². The molecule has 2 aliphatic heterocycles. The zero-order chi connectivity index (χ0) is 24.8. The number of carboxylic acid groups (broad SMARTS) is 1. The third-order valence-corrected chi connectivity index (χ3v) is 8.13. The van der Waals surface area contributed by atoms with Crippen molar-refractivity contribution in [3.05, 3.63) is 58.4 Å². The number of aliphatic carboxylic acids is 1. The van der Waals surface area contributed by atoms with Gasteiger partial charge in [-0.15, -0.1) is 0 Å². The minimum Gasteiger partial charge on any atom is -0.493 e. The maximum absolute atomic E-state index is 12.3. The normalized spacial score (nSPS) is 21.1. The zero-order valence-electron chi connectivity index (χ0n) is 20.5. The summed E-state index contributed by atoms with van der Waals surface area (Å²) in [5.74, 6) is 1.21. The van der Waals surface area contributed by atoms with Crippen molar-refractivity contribution in [2.24, 2.45) is 5.92 Å². The molecule has 1 amide bonds. The molecule has 6 rings (SSSR count). The number of carboxylic acids is 1. The first kappa shape index (κ1) is 22.9. The lowest BCUT2D eigenvalue weighted by molar-refractivity contribution is -0.142. The number of imidazole rings is 1. The van der Waals surface area contributed by atoms with Gasteiger partial charge in [0.25, 0.3) is 0 Å². The number of methoxy groups -OCH3 is 1. The first-order chi connectivity index (χ1) is 17.5. The number of hydrogen-bond acceptors (Lipinski definition) is 5. The van der Waals surface area contributed by atoms with Gasteiger partial charge in [0.05, 0.1) is 37.2 Å². The summed E-state index contributed by atoms with van der Waals surface area (Å²) in [6.07, 6.45) is 4.36. The van der Waals surface area contributed by atoms with Crippen LogP contribution < -0.4 is 4.74 Å². The SMILES string of the molecule is COC(=O)N1CCc2ccc3c(nc([C@H]4CC[C@H](C(=O)O)CC4)n3Cc3ccc4c(c3)OCC4)c2C1. The van der Waals surface area contributed by atoms with E-state index in [1.807, 2.05) is 0 Å². The van der Waals surface area contributed by atoms with Gasteiger partial charge in [-0.2, -0.15) is 0 Å². The highest BCUT2D eigenvalue weighted by Gasteiger charge is 2.31. The van der Waals surface area contributed by atoms with Crippen LogP contribution >= 0.6 is 0 Å².